The number of aliphatic hydroxyl groups is 1. The van der Waals surface area contributed by atoms with E-state index < -0.39 is 6.10 Å². The summed E-state index contributed by atoms with van der Waals surface area (Å²) in [5.41, 5.74) is 0.579. The standard InChI is InChI=1S/C11H15NO3/c1-8(13)6-12-7-9-4-3-5-10(15-2)11(9)14/h3-5,7-8,13-14H,6H2,1-2H3/t8-/m1/s1. The molecule has 1 aromatic rings. The molecule has 0 fully saturated rings. The largest absolute Gasteiger partial charge is 0.504 e. The number of methoxy groups -OCH3 is 1. The highest BCUT2D eigenvalue weighted by atomic mass is 16.5. The quantitative estimate of drug-likeness (QED) is 0.732. The molecule has 0 aromatic heterocycles. The summed E-state index contributed by atoms with van der Waals surface area (Å²) in [6.45, 7) is 1.97. The molecule has 0 bridgehead atoms. The van der Waals surface area contributed by atoms with Gasteiger partial charge in [-0.2, -0.15) is 0 Å². The van der Waals surface area contributed by atoms with Crippen molar-refractivity contribution < 1.29 is 14.9 Å². The molecule has 0 unspecified atom stereocenters. The Bertz CT molecular complexity index is 348. The molecule has 0 heterocycles. The zero-order valence-corrected chi connectivity index (χ0v) is 8.84. The average Bonchev–Trinajstić information content (AvgIpc) is 2.20. The molecule has 0 aliphatic rings. The van der Waals surface area contributed by atoms with Gasteiger partial charge in [-0.25, -0.2) is 0 Å². The molecule has 2 N–H and O–H groups in total. The maximum absolute atomic E-state index is 9.68. The molecule has 0 amide bonds. The molecule has 82 valence electrons. The van der Waals surface area contributed by atoms with Crippen molar-refractivity contribution in [1.29, 1.82) is 0 Å². The fourth-order valence-electron chi connectivity index (χ4n) is 1.11. The minimum Gasteiger partial charge on any atom is -0.504 e. The Hall–Kier alpha value is -1.55. The van der Waals surface area contributed by atoms with E-state index in [0.29, 0.717) is 17.9 Å². The van der Waals surface area contributed by atoms with Crippen molar-refractivity contribution >= 4 is 6.21 Å². The smallest absolute Gasteiger partial charge is 0.166 e. The highest BCUT2D eigenvalue weighted by molar-refractivity contribution is 5.84. The van der Waals surface area contributed by atoms with Gasteiger partial charge in [-0.05, 0) is 19.1 Å². The van der Waals surface area contributed by atoms with Crippen molar-refractivity contribution in [2.24, 2.45) is 4.99 Å². The Morgan fingerprint density at radius 2 is 2.27 bits per heavy atom. The number of aliphatic hydroxyl groups excluding tert-OH is 1. The summed E-state index contributed by atoms with van der Waals surface area (Å²) in [6.07, 6.45) is 1.04. The molecule has 1 aromatic carbocycles. The fraction of sp³-hybridized carbons (Fsp3) is 0.364. The third kappa shape index (κ3) is 3.25. The zero-order chi connectivity index (χ0) is 11.3. The second-order valence-corrected chi connectivity index (χ2v) is 3.24. The number of benzene rings is 1. The first-order valence-corrected chi connectivity index (χ1v) is 4.69. The lowest BCUT2D eigenvalue weighted by molar-refractivity contribution is 0.204. The van der Waals surface area contributed by atoms with Crippen LogP contribution in [0.1, 0.15) is 12.5 Å². The van der Waals surface area contributed by atoms with Crippen LogP contribution in [0.2, 0.25) is 0 Å². The van der Waals surface area contributed by atoms with Crippen LogP contribution in [0, 0.1) is 0 Å². The first kappa shape index (κ1) is 11.5. The molecule has 1 atom stereocenters. The molecular weight excluding hydrogens is 194 g/mol. The van der Waals surface area contributed by atoms with E-state index in [4.69, 9.17) is 9.84 Å². The van der Waals surface area contributed by atoms with E-state index in [0.717, 1.165) is 0 Å². The Labute approximate surface area is 88.9 Å². The summed E-state index contributed by atoms with van der Waals surface area (Å²) < 4.78 is 4.95. The molecular formula is C11H15NO3. The molecule has 0 aliphatic carbocycles. The molecule has 0 radical (unpaired) electrons. The van der Waals surface area contributed by atoms with Crippen LogP contribution in [0.5, 0.6) is 11.5 Å². The predicted octanol–water partition coefficient (Wildman–Crippen LogP) is 1.20. The van der Waals surface area contributed by atoms with Gasteiger partial charge in [0.1, 0.15) is 0 Å². The predicted molar refractivity (Wildman–Crippen MR) is 58.8 cm³/mol. The van der Waals surface area contributed by atoms with E-state index in [9.17, 15) is 5.11 Å². The number of nitrogens with zero attached hydrogens (tertiary/aromatic N) is 1. The number of phenolic OH excluding ortho intramolecular Hbond substituents is 1. The van der Waals surface area contributed by atoms with Crippen molar-refractivity contribution in [2.75, 3.05) is 13.7 Å². The Morgan fingerprint density at radius 3 is 2.87 bits per heavy atom. The van der Waals surface area contributed by atoms with Gasteiger partial charge in [0.05, 0.1) is 19.8 Å². The first-order chi connectivity index (χ1) is 7.15. The van der Waals surface area contributed by atoms with Crippen molar-refractivity contribution in [3.05, 3.63) is 23.8 Å². The van der Waals surface area contributed by atoms with E-state index in [1.807, 2.05) is 0 Å². The summed E-state index contributed by atoms with van der Waals surface area (Å²) in [6, 6.07) is 5.16. The van der Waals surface area contributed by atoms with Gasteiger partial charge in [-0.1, -0.05) is 6.07 Å². The lowest BCUT2D eigenvalue weighted by Crippen LogP contribution is -2.03. The fourth-order valence-corrected chi connectivity index (χ4v) is 1.11. The molecule has 0 spiro atoms. The average molecular weight is 209 g/mol. The molecule has 4 heteroatoms. The van der Waals surface area contributed by atoms with Crippen LogP contribution < -0.4 is 4.74 Å². The van der Waals surface area contributed by atoms with Gasteiger partial charge in [-0.3, -0.25) is 4.99 Å². The van der Waals surface area contributed by atoms with Crippen LogP contribution >= 0.6 is 0 Å². The number of aliphatic imine (C=N–C) groups is 1. The number of rotatable bonds is 4. The minimum atomic E-state index is -0.478. The third-order valence-corrected chi connectivity index (χ3v) is 1.85. The zero-order valence-electron chi connectivity index (χ0n) is 8.84. The summed E-state index contributed by atoms with van der Waals surface area (Å²) in [5.74, 6) is 0.477. The van der Waals surface area contributed by atoms with Crippen molar-refractivity contribution in [3.8, 4) is 11.5 Å². The minimum absolute atomic E-state index is 0.0642. The van der Waals surface area contributed by atoms with Crippen LogP contribution in [-0.2, 0) is 0 Å². The maximum atomic E-state index is 9.68. The summed E-state index contributed by atoms with van der Waals surface area (Å²) in [5, 5.41) is 18.7. The van der Waals surface area contributed by atoms with Gasteiger partial charge in [-0.15, -0.1) is 0 Å². The topological polar surface area (TPSA) is 62.0 Å². The summed E-state index contributed by atoms with van der Waals surface area (Å²) in [7, 11) is 1.49. The number of para-hydroxylation sites is 1. The van der Waals surface area contributed by atoms with Crippen molar-refractivity contribution in [1.82, 2.24) is 0 Å². The van der Waals surface area contributed by atoms with Crippen molar-refractivity contribution in [3.63, 3.8) is 0 Å². The van der Waals surface area contributed by atoms with Gasteiger partial charge in [0.25, 0.3) is 0 Å². The number of hydrogen-bond acceptors (Lipinski definition) is 4. The highest BCUT2D eigenvalue weighted by Gasteiger charge is 2.04. The van der Waals surface area contributed by atoms with Crippen LogP contribution in [0.4, 0.5) is 0 Å². The van der Waals surface area contributed by atoms with Crippen LogP contribution in [0.3, 0.4) is 0 Å². The number of ether oxygens (including phenoxy) is 1. The van der Waals surface area contributed by atoms with E-state index in [2.05, 4.69) is 4.99 Å². The van der Waals surface area contributed by atoms with E-state index in [-0.39, 0.29) is 5.75 Å². The summed E-state index contributed by atoms with van der Waals surface area (Å²) in [4.78, 5) is 3.99. The number of aromatic hydroxyl groups is 1. The van der Waals surface area contributed by atoms with E-state index >= 15 is 0 Å². The van der Waals surface area contributed by atoms with Gasteiger partial charge >= 0.3 is 0 Å². The maximum Gasteiger partial charge on any atom is 0.166 e. The third-order valence-electron chi connectivity index (χ3n) is 1.85. The second kappa shape index (κ2) is 5.36. The number of phenols is 1. The number of hydrogen-bond donors (Lipinski definition) is 2. The second-order valence-electron chi connectivity index (χ2n) is 3.24. The van der Waals surface area contributed by atoms with Gasteiger partial charge in [0, 0.05) is 11.8 Å². The first-order valence-electron chi connectivity index (χ1n) is 4.69. The van der Waals surface area contributed by atoms with E-state index in [1.54, 1.807) is 25.1 Å². The van der Waals surface area contributed by atoms with Gasteiger partial charge < -0.3 is 14.9 Å². The van der Waals surface area contributed by atoms with Crippen LogP contribution in [0.15, 0.2) is 23.2 Å². The highest BCUT2D eigenvalue weighted by Crippen LogP contribution is 2.27. The Morgan fingerprint density at radius 1 is 1.53 bits per heavy atom. The molecule has 15 heavy (non-hydrogen) atoms. The van der Waals surface area contributed by atoms with Gasteiger partial charge in [0.15, 0.2) is 11.5 Å². The molecule has 0 saturated carbocycles. The van der Waals surface area contributed by atoms with E-state index in [1.165, 1.54) is 13.3 Å². The van der Waals surface area contributed by atoms with Crippen LogP contribution in [-0.4, -0.2) is 36.2 Å². The molecule has 1 rings (SSSR count). The monoisotopic (exact) mass is 209 g/mol. The van der Waals surface area contributed by atoms with Gasteiger partial charge in [0.2, 0.25) is 0 Å². The normalized spacial score (nSPS) is 13.0. The molecule has 4 nitrogen and oxygen atoms in total. The van der Waals surface area contributed by atoms with Crippen LogP contribution in [0.25, 0.3) is 0 Å². The lowest BCUT2D eigenvalue weighted by Gasteiger charge is -2.05. The van der Waals surface area contributed by atoms with Crippen molar-refractivity contribution in [2.45, 2.75) is 13.0 Å². The summed E-state index contributed by atoms with van der Waals surface area (Å²) >= 11 is 0. The lowest BCUT2D eigenvalue weighted by atomic mass is 10.2. The molecule has 0 saturated heterocycles. The molecule has 0 aliphatic heterocycles. The Balaban J connectivity index is 2.81. The SMILES string of the molecule is COc1cccc(C=NC[C@@H](C)O)c1O. The Kier molecular flexibility index (Phi) is 4.12.